The second-order valence-electron chi connectivity index (χ2n) is 5.25. The number of amides is 2. The van der Waals surface area contributed by atoms with Crippen molar-refractivity contribution >= 4 is 11.8 Å². The van der Waals surface area contributed by atoms with E-state index in [-0.39, 0.29) is 18.4 Å². The van der Waals surface area contributed by atoms with Gasteiger partial charge in [-0.15, -0.1) is 0 Å². The topological polar surface area (TPSA) is 71.5 Å². The minimum Gasteiger partial charge on any atom is -0.484 e. The third-order valence-electron chi connectivity index (χ3n) is 3.39. The Kier molecular flexibility index (Phi) is 6.76. The van der Waals surface area contributed by atoms with Crippen LogP contribution in [0.15, 0.2) is 54.9 Å². The number of nitrogens with one attached hydrogen (secondary N) is 1. The molecule has 0 aliphatic heterocycles. The molecule has 6 nitrogen and oxygen atoms in total. The van der Waals surface area contributed by atoms with E-state index in [0.717, 1.165) is 5.56 Å². The Morgan fingerprint density at radius 1 is 1.12 bits per heavy atom. The number of nitrogens with zero attached hydrogens (tertiary/aromatic N) is 2. The molecule has 24 heavy (non-hydrogen) atoms. The van der Waals surface area contributed by atoms with Gasteiger partial charge in [0.2, 0.25) is 5.91 Å². The smallest absolute Gasteiger partial charge is 0.258 e. The van der Waals surface area contributed by atoms with Gasteiger partial charge in [-0.3, -0.25) is 14.6 Å². The third-order valence-corrected chi connectivity index (χ3v) is 3.39. The van der Waals surface area contributed by atoms with Crippen molar-refractivity contribution in [2.24, 2.45) is 0 Å². The molecule has 1 heterocycles. The Balaban J connectivity index is 1.72. The van der Waals surface area contributed by atoms with E-state index in [1.165, 1.54) is 6.92 Å². The lowest BCUT2D eigenvalue weighted by Crippen LogP contribution is -2.38. The molecule has 0 aliphatic carbocycles. The van der Waals surface area contributed by atoms with Gasteiger partial charge in [-0.05, 0) is 29.8 Å². The fourth-order valence-electron chi connectivity index (χ4n) is 2.10. The molecule has 1 aromatic heterocycles. The maximum atomic E-state index is 11.8. The summed E-state index contributed by atoms with van der Waals surface area (Å²) in [5.41, 5.74) is 0.999. The summed E-state index contributed by atoms with van der Waals surface area (Å²) in [5.74, 6) is 0.392. The largest absolute Gasteiger partial charge is 0.484 e. The highest BCUT2D eigenvalue weighted by Crippen LogP contribution is 2.07. The van der Waals surface area contributed by atoms with Crippen LogP contribution in [0.4, 0.5) is 0 Å². The Morgan fingerprint density at radius 3 is 2.50 bits per heavy atom. The number of rotatable bonds is 8. The van der Waals surface area contributed by atoms with Crippen molar-refractivity contribution < 1.29 is 14.3 Å². The molecule has 2 rings (SSSR count). The Bertz CT molecular complexity index is 647. The maximum Gasteiger partial charge on any atom is 0.258 e. The number of hydrogen-bond donors (Lipinski definition) is 1. The molecule has 0 atom stereocenters. The number of hydrogen-bond acceptors (Lipinski definition) is 4. The highest BCUT2D eigenvalue weighted by Gasteiger charge is 2.10. The number of aromatic nitrogens is 1. The first-order valence-corrected chi connectivity index (χ1v) is 7.74. The predicted octanol–water partition coefficient (Wildman–Crippen LogP) is 1.63. The molecule has 0 radical (unpaired) electrons. The highest BCUT2D eigenvalue weighted by atomic mass is 16.5. The van der Waals surface area contributed by atoms with Gasteiger partial charge in [-0.2, -0.15) is 0 Å². The first-order valence-electron chi connectivity index (χ1n) is 7.74. The van der Waals surface area contributed by atoms with Gasteiger partial charge in [-0.25, -0.2) is 0 Å². The van der Waals surface area contributed by atoms with Gasteiger partial charge < -0.3 is 15.0 Å². The number of benzene rings is 1. The molecular formula is C18H21N3O3. The highest BCUT2D eigenvalue weighted by molar-refractivity contribution is 5.77. The molecule has 2 amide bonds. The van der Waals surface area contributed by atoms with Crippen molar-refractivity contribution in [1.29, 1.82) is 0 Å². The van der Waals surface area contributed by atoms with Crippen molar-refractivity contribution in [1.82, 2.24) is 15.2 Å². The number of para-hydroxylation sites is 1. The van der Waals surface area contributed by atoms with Crippen LogP contribution in [-0.2, 0) is 16.1 Å². The van der Waals surface area contributed by atoms with Crippen LogP contribution >= 0.6 is 0 Å². The molecule has 0 fully saturated rings. The zero-order valence-corrected chi connectivity index (χ0v) is 13.6. The van der Waals surface area contributed by atoms with Gasteiger partial charge in [0.25, 0.3) is 5.91 Å². The van der Waals surface area contributed by atoms with Crippen molar-refractivity contribution in [3.8, 4) is 5.75 Å². The average Bonchev–Trinajstić information content (AvgIpc) is 2.61. The molecule has 1 N–H and O–H groups in total. The third kappa shape index (κ3) is 6.08. The van der Waals surface area contributed by atoms with Crippen LogP contribution in [-0.4, -0.2) is 41.4 Å². The van der Waals surface area contributed by atoms with E-state index in [1.54, 1.807) is 29.4 Å². The minimum absolute atomic E-state index is 0.0402. The van der Waals surface area contributed by atoms with Crippen LogP contribution in [0.2, 0.25) is 0 Å². The molecular weight excluding hydrogens is 306 g/mol. The fourth-order valence-corrected chi connectivity index (χ4v) is 2.10. The second kappa shape index (κ2) is 9.29. The van der Waals surface area contributed by atoms with E-state index in [2.05, 4.69) is 10.3 Å². The van der Waals surface area contributed by atoms with Crippen LogP contribution in [0.1, 0.15) is 12.5 Å². The zero-order valence-electron chi connectivity index (χ0n) is 13.6. The molecule has 2 aromatic rings. The van der Waals surface area contributed by atoms with Crippen LogP contribution in [0.25, 0.3) is 0 Å². The lowest BCUT2D eigenvalue weighted by Gasteiger charge is -2.21. The van der Waals surface area contributed by atoms with E-state index in [0.29, 0.717) is 25.4 Å². The Morgan fingerprint density at radius 2 is 1.83 bits per heavy atom. The standard InChI is InChI=1S/C18H21N3O3/c1-15(22)21(13-16-7-9-19-10-8-16)12-11-20-18(23)14-24-17-5-3-2-4-6-17/h2-10H,11-14H2,1H3,(H,20,23). The molecule has 0 saturated heterocycles. The SMILES string of the molecule is CC(=O)N(CCNC(=O)COc1ccccc1)Cc1ccncc1. The molecule has 0 saturated carbocycles. The van der Waals surface area contributed by atoms with Crippen LogP contribution in [0.3, 0.4) is 0 Å². The lowest BCUT2D eigenvalue weighted by atomic mass is 10.2. The number of pyridine rings is 1. The van der Waals surface area contributed by atoms with E-state index in [1.807, 2.05) is 30.3 Å². The first-order chi connectivity index (χ1) is 11.6. The second-order valence-corrected chi connectivity index (χ2v) is 5.25. The van der Waals surface area contributed by atoms with Crippen LogP contribution in [0.5, 0.6) is 5.75 Å². The lowest BCUT2D eigenvalue weighted by molar-refractivity contribution is -0.130. The minimum atomic E-state index is -0.216. The van der Waals surface area contributed by atoms with Gasteiger partial charge in [0.1, 0.15) is 5.75 Å². The molecule has 6 heteroatoms. The fraction of sp³-hybridized carbons (Fsp3) is 0.278. The molecule has 0 aliphatic rings. The first kappa shape index (κ1) is 17.5. The summed E-state index contributed by atoms with van der Waals surface area (Å²) < 4.78 is 5.37. The normalized spacial score (nSPS) is 10.0. The summed E-state index contributed by atoms with van der Waals surface area (Å²) in [6, 6.07) is 12.9. The summed E-state index contributed by atoms with van der Waals surface area (Å²) in [7, 11) is 0. The Hall–Kier alpha value is -2.89. The number of ether oxygens (including phenoxy) is 1. The van der Waals surface area contributed by atoms with Crippen molar-refractivity contribution in [3.05, 3.63) is 60.4 Å². The van der Waals surface area contributed by atoms with E-state index >= 15 is 0 Å². The summed E-state index contributed by atoms with van der Waals surface area (Å²) in [6.07, 6.45) is 3.38. The van der Waals surface area contributed by atoms with E-state index in [9.17, 15) is 9.59 Å². The molecule has 126 valence electrons. The number of carbonyl (C=O) groups excluding carboxylic acids is 2. The molecule has 0 unspecified atom stereocenters. The Labute approximate surface area is 141 Å². The quantitative estimate of drug-likeness (QED) is 0.800. The summed E-state index contributed by atoms with van der Waals surface area (Å²) in [6.45, 7) is 2.78. The van der Waals surface area contributed by atoms with E-state index in [4.69, 9.17) is 4.74 Å². The molecule has 0 spiro atoms. The van der Waals surface area contributed by atoms with Gasteiger partial charge in [0.05, 0.1) is 0 Å². The van der Waals surface area contributed by atoms with Crippen molar-refractivity contribution in [2.45, 2.75) is 13.5 Å². The molecule has 1 aromatic carbocycles. The maximum absolute atomic E-state index is 11.8. The van der Waals surface area contributed by atoms with Crippen molar-refractivity contribution in [3.63, 3.8) is 0 Å². The van der Waals surface area contributed by atoms with Crippen LogP contribution < -0.4 is 10.1 Å². The van der Waals surface area contributed by atoms with Gasteiger partial charge in [0.15, 0.2) is 6.61 Å². The van der Waals surface area contributed by atoms with Crippen molar-refractivity contribution in [2.75, 3.05) is 19.7 Å². The van der Waals surface area contributed by atoms with Gasteiger partial charge in [0, 0.05) is 39.0 Å². The summed E-state index contributed by atoms with van der Waals surface area (Å²) in [5, 5.41) is 2.75. The summed E-state index contributed by atoms with van der Waals surface area (Å²) >= 11 is 0. The predicted molar refractivity (Wildman–Crippen MR) is 90.3 cm³/mol. The monoisotopic (exact) mass is 327 g/mol. The zero-order chi connectivity index (χ0) is 17.2. The van der Waals surface area contributed by atoms with E-state index < -0.39 is 0 Å². The summed E-state index contributed by atoms with van der Waals surface area (Å²) in [4.78, 5) is 29.1. The molecule has 0 bridgehead atoms. The van der Waals surface area contributed by atoms with Gasteiger partial charge >= 0.3 is 0 Å². The van der Waals surface area contributed by atoms with Crippen LogP contribution in [0, 0.1) is 0 Å². The van der Waals surface area contributed by atoms with Gasteiger partial charge in [-0.1, -0.05) is 18.2 Å². The number of carbonyl (C=O) groups is 2. The average molecular weight is 327 g/mol.